The number of aromatic nitrogens is 1. The first-order chi connectivity index (χ1) is 8.52. The maximum absolute atomic E-state index is 5.87. The molecule has 0 aliphatic heterocycles. The van der Waals surface area contributed by atoms with Gasteiger partial charge in [0.25, 0.3) is 0 Å². The van der Waals surface area contributed by atoms with Crippen molar-refractivity contribution in [1.82, 2.24) is 10.3 Å². The molecule has 3 nitrogen and oxygen atoms in total. The van der Waals surface area contributed by atoms with Crippen LogP contribution >= 0.6 is 0 Å². The Hall–Kier alpha value is -1.09. The van der Waals surface area contributed by atoms with Crippen molar-refractivity contribution in [3.63, 3.8) is 0 Å². The van der Waals surface area contributed by atoms with Gasteiger partial charge in [-0.2, -0.15) is 0 Å². The largest absolute Gasteiger partial charge is 0.491 e. The molecule has 1 unspecified atom stereocenters. The minimum atomic E-state index is 0.453. The van der Waals surface area contributed by atoms with Crippen LogP contribution in [0.3, 0.4) is 0 Å². The van der Waals surface area contributed by atoms with Gasteiger partial charge in [-0.3, -0.25) is 4.98 Å². The Morgan fingerprint density at radius 1 is 1.28 bits per heavy atom. The standard InChI is InChI=1S/C15H26N2O/c1-6-12(4)10-18-15-8-7-13(5)17-14(15)9-16-11(2)3/h7-8,11-12,16H,6,9-10H2,1-5H3. The number of rotatable bonds is 7. The Labute approximate surface area is 111 Å². The zero-order valence-corrected chi connectivity index (χ0v) is 12.3. The second-order valence-corrected chi connectivity index (χ2v) is 5.26. The van der Waals surface area contributed by atoms with Gasteiger partial charge < -0.3 is 10.1 Å². The molecule has 1 atom stereocenters. The van der Waals surface area contributed by atoms with Gasteiger partial charge in [0, 0.05) is 18.3 Å². The molecule has 0 spiro atoms. The van der Waals surface area contributed by atoms with Crippen LogP contribution in [0.15, 0.2) is 12.1 Å². The van der Waals surface area contributed by atoms with E-state index in [4.69, 9.17) is 4.74 Å². The van der Waals surface area contributed by atoms with E-state index in [1.165, 1.54) is 0 Å². The third kappa shape index (κ3) is 5.05. The number of pyridine rings is 1. The fourth-order valence-corrected chi connectivity index (χ4v) is 1.51. The van der Waals surface area contributed by atoms with Crippen LogP contribution in [0.1, 0.15) is 45.5 Å². The molecule has 0 saturated carbocycles. The minimum absolute atomic E-state index is 0.453. The fourth-order valence-electron chi connectivity index (χ4n) is 1.51. The van der Waals surface area contributed by atoms with Gasteiger partial charge in [0.05, 0.1) is 12.3 Å². The summed E-state index contributed by atoms with van der Waals surface area (Å²) >= 11 is 0. The van der Waals surface area contributed by atoms with Gasteiger partial charge in [-0.25, -0.2) is 0 Å². The number of hydrogen-bond acceptors (Lipinski definition) is 3. The number of nitrogens with zero attached hydrogens (tertiary/aromatic N) is 1. The van der Waals surface area contributed by atoms with Crippen LogP contribution in [0.25, 0.3) is 0 Å². The maximum atomic E-state index is 5.87. The summed E-state index contributed by atoms with van der Waals surface area (Å²) in [5.74, 6) is 1.49. The van der Waals surface area contributed by atoms with E-state index >= 15 is 0 Å². The molecule has 1 heterocycles. The van der Waals surface area contributed by atoms with E-state index in [0.29, 0.717) is 12.0 Å². The van der Waals surface area contributed by atoms with Crippen LogP contribution in [0.4, 0.5) is 0 Å². The smallest absolute Gasteiger partial charge is 0.142 e. The molecule has 0 amide bonds. The molecule has 0 aromatic carbocycles. The lowest BCUT2D eigenvalue weighted by molar-refractivity contribution is 0.252. The zero-order valence-electron chi connectivity index (χ0n) is 12.3. The van der Waals surface area contributed by atoms with E-state index in [1.54, 1.807) is 0 Å². The molecular formula is C15H26N2O. The number of ether oxygens (including phenoxy) is 1. The SMILES string of the molecule is CCC(C)COc1ccc(C)nc1CNC(C)C. The summed E-state index contributed by atoms with van der Waals surface area (Å²) in [4.78, 5) is 4.56. The summed E-state index contributed by atoms with van der Waals surface area (Å²) in [7, 11) is 0. The lowest BCUT2D eigenvalue weighted by atomic mass is 10.1. The van der Waals surface area contributed by atoms with Crippen molar-refractivity contribution >= 4 is 0 Å². The predicted molar refractivity (Wildman–Crippen MR) is 75.9 cm³/mol. The molecule has 1 N–H and O–H groups in total. The van der Waals surface area contributed by atoms with Crippen molar-refractivity contribution in [1.29, 1.82) is 0 Å². The van der Waals surface area contributed by atoms with E-state index in [2.05, 4.69) is 38.0 Å². The molecule has 0 fully saturated rings. The zero-order chi connectivity index (χ0) is 13.5. The third-order valence-corrected chi connectivity index (χ3v) is 2.97. The summed E-state index contributed by atoms with van der Waals surface area (Å²) in [6.07, 6.45) is 1.14. The highest BCUT2D eigenvalue weighted by Gasteiger charge is 2.08. The summed E-state index contributed by atoms with van der Waals surface area (Å²) in [6.45, 7) is 12.2. The van der Waals surface area contributed by atoms with Crippen molar-refractivity contribution in [2.45, 2.75) is 53.6 Å². The lowest BCUT2D eigenvalue weighted by Crippen LogP contribution is -2.23. The first-order valence-electron chi connectivity index (χ1n) is 6.85. The summed E-state index contributed by atoms with van der Waals surface area (Å²) in [5.41, 5.74) is 2.04. The van der Waals surface area contributed by atoms with Crippen molar-refractivity contribution in [2.24, 2.45) is 5.92 Å². The molecule has 18 heavy (non-hydrogen) atoms. The van der Waals surface area contributed by atoms with E-state index in [9.17, 15) is 0 Å². The molecule has 0 saturated heterocycles. The van der Waals surface area contributed by atoms with Crippen molar-refractivity contribution in [2.75, 3.05) is 6.61 Å². The van der Waals surface area contributed by atoms with Gasteiger partial charge in [0.15, 0.2) is 0 Å². The highest BCUT2D eigenvalue weighted by atomic mass is 16.5. The van der Waals surface area contributed by atoms with Gasteiger partial charge >= 0.3 is 0 Å². The summed E-state index contributed by atoms with van der Waals surface area (Å²) in [5, 5.41) is 3.39. The Bertz CT molecular complexity index is 364. The summed E-state index contributed by atoms with van der Waals surface area (Å²) in [6, 6.07) is 4.49. The van der Waals surface area contributed by atoms with Crippen LogP contribution in [0.5, 0.6) is 5.75 Å². The first kappa shape index (κ1) is 15.0. The highest BCUT2D eigenvalue weighted by Crippen LogP contribution is 2.18. The topological polar surface area (TPSA) is 34.1 Å². The van der Waals surface area contributed by atoms with Gasteiger partial charge in [-0.1, -0.05) is 34.1 Å². The lowest BCUT2D eigenvalue weighted by Gasteiger charge is -2.15. The molecule has 1 aromatic rings. The van der Waals surface area contributed by atoms with E-state index in [-0.39, 0.29) is 0 Å². The van der Waals surface area contributed by atoms with Crippen LogP contribution in [-0.4, -0.2) is 17.6 Å². The maximum Gasteiger partial charge on any atom is 0.142 e. The molecule has 102 valence electrons. The quantitative estimate of drug-likeness (QED) is 0.806. The number of nitrogens with one attached hydrogen (secondary N) is 1. The van der Waals surface area contributed by atoms with E-state index in [0.717, 1.165) is 36.7 Å². The Morgan fingerprint density at radius 2 is 2.00 bits per heavy atom. The Balaban J connectivity index is 2.69. The normalized spacial score (nSPS) is 12.8. The Morgan fingerprint density at radius 3 is 2.61 bits per heavy atom. The highest BCUT2D eigenvalue weighted by molar-refractivity contribution is 5.29. The van der Waals surface area contributed by atoms with Gasteiger partial charge in [-0.05, 0) is 25.0 Å². The van der Waals surface area contributed by atoms with Crippen molar-refractivity contribution < 1.29 is 4.74 Å². The molecule has 1 aromatic heterocycles. The fraction of sp³-hybridized carbons (Fsp3) is 0.667. The molecule has 0 aliphatic rings. The molecule has 0 radical (unpaired) electrons. The van der Waals surface area contributed by atoms with Gasteiger partial charge in [-0.15, -0.1) is 0 Å². The molecule has 1 rings (SSSR count). The van der Waals surface area contributed by atoms with Gasteiger partial charge in [0.1, 0.15) is 5.75 Å². The minimum Gasteiger partial charge on any atom is -0.491 e. The van der Waals surface area contributed by atoms with E-state index in [1.807, 2.05) is 19.1 Å². The van der Waals surface area contributed by atoms with Crippen LogP contribution in [-0.2, 0) is 6.54 Å². The number of hydrogen-bond donors (Lipinski definition) is 1. The second-order valence-electron chi connectivity index (χ2n) is 5.26. The molecule has 0 aliphatic carbocycles. The third-order valence-electron chi connectivity index (χ3n) is 2.97. The van der Waals surface area contributed by atoms with Crippen LogP contribution in [0.2, 0.25) is 0 Å². The average molecular weight is 250 g/mol. The first-order valence-corrected chi connectivity index (χ1v) is 6.85. The molecule has 0 bridgehead atoms. The van der Waals surface area contributed by atoms with Crippen LogP contribution in [0, 0.1) is 12.8 Å². The van der Waals surface area contributed by atoms with Crippen molar-refractivity contribution in [3.8, 4) is 5.75 Å². The second kappa shape index (κ2) is 7.37. The van der Waals surface area contributed by atoms with Gasteiger partial charge in [0.2, 0.25) is 0 Å². The Kier molecular flexibility index (Phi) is 6.13. The van der Waals surface area contributed by atoms with Crippen LogP contribution < -0.4 is 10.1 Å². The molecular weight excluding hydrogens is 224 g/mol. The molecule has 3 heteroatoms. The average Bonchev–Trinajstić information content (AvgIpc) is 2.34. The van der Waals surface area contributed by atoms with Crippen molar-refractivity contribution in [3.05, 3.63) is 23.5 Å². The summed E-state index contributed by atoms with van der Waals surface area (Å²) < 4.78 is 5.87. The number of aryl methyl sites for hydroxylation is 1. The van der Waals surface area contributed by atoms with E-state index < -0.39 is 0 Å². The monoisotopic (exact) mass is 250 g/mol. The predicted octanol–water partition coefficient (Wildman–Crippen LogP) is 3.31.